The van der Waals surface area contributed by atoms with E-state index in [4.69, 9.17) is 10.9 Å². The molecule has 0 saturated carbocycles. The molecule has 0 spiro atoms. The Bertz CT molecular complexity index is 351. The molecule has 0 fully saturated rings. The zero-order valence-corrected chi connectivity index (χ0v) is 9.69. The zero-order valence-electron chi connectivity index (χ0n) is 9.69. The molecule has 0 amide bonds. The van der Waals surface area contributed by atoms with E-state index in [1.54, 1.807) is 12.1 Å². The first-order chi connectivity index (χ1) is 8.22. The number of benzene rings is 1. The number of nitrogens with one attached hydrogen (secondary N) is 1. The minimum Gasteiger partial charge on any atom is -0.409 e. The van der Waals surface area contributed by atoms with Crippen molar-refractivity contribution in [1.82, 2.24) is 5.32 Å². The van der Waals surface area contributed by atoms with Crippen LogP contribution in [0.1, 0.15) is 18.4 Å². The lowest BCUT2D eigenvalue weighted by Gasteiger charge is -2.04. The van der Waals surface area contributed by atoms with Crippen LogP contribution >= 0.6 is 0 Å². The Labute approximate surface area is 100 Å². The van der Waals surface area contributed by atoms with Gasteiger partial charge in [-0.3, -0.25) is 0 Å². The van der Waals surface area contributed by atoms with E-state index in [1.165, 1.54) is 12.1 Å². The number of amidine groups is 1. The Hall–Kier alpha value is -1.62. The van der Waals surface area contributed by atoms with E-state index in [2.05, 4.69) is 10.5 Å². The molecule has 0 radical (unpaired) electrons. The maximum atomic E-state index is 12.6. The quantitative estimate of drug-likeness (QED) is 0.222. The maximum absolute atomic E-state index is 12.6. The van der Waals surface area contributed by atoms with Gasteiger partial charge in [-0.05, 0) is 43.6 Å². The summed E-state index contributed by atoms with van der Waals surface area (Å²) in [6.45, 7) is 1.65. The summed E-state index contributed by atoms with van der Waals surface area (Å²) in [5, 5.41) is 14.5. The summed E-state index contributed by atoms with van der Waals surface area (Å²) >= 11 is 0. The fourth-order valence-electron chi connectivity index (χ4n) is 1.45. The SMILES string of the molecule is NC(CCCNCCc1ccc(F)cc1)=NO. The summed E-state index contributed by atoms with van der Waals surface area (Å²) in [7, 11) is 0. The fraction of sp³-hybridized carbons (Fsp3) is 0.417. The first-order valence-electron chi connectivity index (χ1n) is 5.64. The standard InChI is InChI=1S/C12H18FN3O/c13-11-5-3-10(4-6-11)7-9-15-8-1-2-12(14)16-17/h3-6,15,17H,1-2,7-9H2,(H2,14,16). The third-order valence-corrected chi connectivity index (χ3v) is 2.42. The Morgan fingerprint density at radius 1 is 1.29 bits per heavy atom. The molecule has 0 aromatic heterocycles. The molecule has 0 unspecified atom stereocenters. The monoisotopic (exact) mass is 239 g/mol. The molecule has 0 heterocycles. The van der Waals surface area contributed by atoms with Gasteiger partial charge in [0.25, 0.3) is 0 Å². The van der Waals surface area contributed by atoms with Crippen molar-refractivity contribution in [3.63, 3.8) is 0 Å². The normalized spacial score (nSPS) is 11.7. The van der Waals surface area contributed by atoms with Gasteiger partial charge in [-0.2, -0.15) is 0 Å². The van der Waals surface area contributed by atoms with Crippen LogP contribution in [0.15, 0.2) is 29.4 Å². The van der Waals surface area contributed by atoms with Crippen molar-refractivity contribution in [2.24, 2.45) is 10.9 Å². The number of nitrogens with two attached hydrogens (primary N) is 1. The predicted molar refractivity (Wildman–Crippen MR) is 65.6 cm³/mol. The molecule has 0 aliphatic rings. The number of nitrogens with zero attached hydrogens (tertiary/aromatic N) is 1. The summed E-state index contributed by atoms with van der Waals surface area (Å²) in [5.74, 6) is 0.0470. The van der Waals surface area contributed by atoms with Gasteiger partial charge in [-0.15, -0.1) is 0 Å². The molecule has 4 N–H and O–H groups in total. The number of rotatable bonds is 7. The Morgan fingerprint density at radius 3 is 2.65 bits per heavy atom. The summed E-state index contributed by atoms with van der Waals surface area (Å²) in [4.78, 5) is 0. The summed E-state index contributed by atoms with van der Waals surface area (Å²) in [6.07, 6.45) is 2.28. The second kappa shape index (κ2) is 7.62. The average Bonchev–Trinajstić information content (AvgIpc) is 2.35. The lowest BCUT2D eigenvalue weighted by molar-refractivity contribution is 0.316. The molecule has 0 saturated heterocycles. The van der Waals surface area contributed by atoms with E-state index in [0.29, 0.717) is 6.42 Å². The highest BCUT2D eigenvalue weighted by atomic mass is 19.1. The van der Waals surface area contributed by atoms with Gasteiger partial charge in [-0.25, -0.2) is 4.39 Å². The van der Waals surface area contributed by atoms with Crippen LogP contribution in [0.3, 0.4) is 0 Å². The van der Waals surface area contributed by atoms with Crippen molar-refractivity contribution in [2.75, 3.05) is 13.1 Å². The molecule has 1 rings (SSSR count). The van der Waals surface area contributed by atoms with Crippen LogP contribution in [-0.2, 0) is 6.42 Å². The van der Waals surface area contributed by atoms with Gasteiger partial charge in [0.05, 0.1) is 0 Å². The van der Waals surface area contributed by atoms with Gasteiger partial charge in [0, 0.05) is 6.42 Å². The highest BCUT2D eigenvalue weighted by molar-refractivity contribution is 5.79. The number of oxime groups is 1. The molecule has 1 aromatic carbocycles. The van der Waals surface area contributed by atoms with Crippen molar-refractivity contribution in [3.8, 4) is 0 Å². The molecule has 17 heavy (non-hydrogen) atoms. The van der Waals surface area contributed by atoms with Crippen LogP contribution in [0, 0.1) is 5.82 Å². The topological polar surface area (TPSA) is 70.6 Å². The van der Waals surface area contributed by atoms with Gasteiger partial charge in [0.1, 0.15) is 11.7 Å². The van der Waals surface area contributed by atoms with Crippen LogP contribution < -0.4 is 11.1 Å². The molecule has 5 heteroatoms. The van der Waals surface area contributed by atoms with E-state index in [-0.39, 0.29) is 11.7 Å². The van der Waals surface area contributed by atoms with Crippen molar-refractivity contribution in [1.29, 1.82) is 0 Å². The van der Waals surface area contributed by atoms with Gasteiger partial charge >= 0.3 is 0 Å². The second-order valence-electron chi connectivity index (χ2n) is 3.82. The van der Waals surface area contributed by atoms with Gasteiger partial charge in [0.15, 0.2) is 0 Å². The Balaban J connectivity index is 2.06. The second-order valence-corrected chi connectivity index (χ2v) is 3.82. The molecule has 1 aromatic rings. The lowest BCUT2D eigenvalue weighted by Crippen LogP contribution is -2.20. The lowest BCUT2D eigenvalue weighted by atomic mass is 10.1. The van der Waals surface area contributed by atoms with Crippen molar-refractivity contribution < 1.29 is 9.60 Å². The molecular weight excluding hydrogens is 221 g/mol. The molecule has 0 aliphatic heterocycles. The minimum absolute atomic E-state index is 0.208. The molecule has 0 bridgehead atoms. The third kappa shape index (κ3) is 5.87. The molecular formula is C12H18FN3O. The average molecular weight is 239 g/mol. The summed E-state index contributed by atoms with van der Waals surface area (Å²) in [6, 6.07) is 6.50. The minimum atomic E-state index is -0.208. The van der Waals surface area contributed by atoms with Crippen molar-refractivity contribution >= 4 is 5.84 Å². The molecule has 4 nitrogen and oxygen atoms in total. The number of halogens is 1. The molecule has 0 aliphatic carbocycles. The number of hydrogen-bond donors (Lipinski definition) is 3. The predicted octanol–water partition coefficient (Wildman–Crippen LogP) is 1.48. The van der Waals surface area contributed by atoms with Crippen molar-refractivity contribution in [3.05, 3.63) is 35.6 Å². The van der Waals surface area contributed by atoms with Crippen LogP contribution in [0.5, 0.6) is 0 Å². The smallest absolute Gasteiger partial charge is 0.139 e. The molecule has 0 atom stereocenters. The highest BCUT2D eigenvalue weighted by Crippen LogP contribution is 2.02. The van der Waals surface area contributed by atoms with Gasteiger partial charge in [0.2, 0.25) is 0 Å². The van der Waals surface area contributed by atoms with E-state index >= 15 is 0 Å². The van der Waals surface area contributed by atoms with Crippen LogP contribution in [-0.4, -0.2) is 24.1 Å². The highest BCUT2D eigenvalue weighted by Gasteiger charge is 1.95. The first-order valence-corrected chi connectivity index (χ1v) is 5.64. The zero-order chi connectivity index (χ0) is 12.5. The summed E-state index contributed by atoms with van der Waals surface area (Å²) < 4.78 is 12.6. The molecule has 94 valence electrons. The van der Waals surface area contributed by atoms with Gasteiger partial charge < -0.3 is 16.3 Å². The van der Waals surface area contributed by atoms with E-state index < -0.39 is 0 Å². The van der Waals surface area contributed by atoms with E-state index in [9.17, 15) is 4.39 Å². The van der Waals surface area contributed by atoms with Crippen LogP contribution in [0.2, 0.25) is 0 Å². The van der Waals surface area contributed by atoms with E-state index in [0.717, 1.165) is 31.5 Å². The Morgan fingerprint density at radius 2 is 2.00 bits per heavy atom. The van der Waals surface area contributed by atoms with Gasteiger partial charge in [-0.1, -0.05) is 17.3 Å². The number of hydrogen-bond acceptors (Lipinski definition) is 3. The van der Waals surface area contributed by atoms with Crippen LogP contribution in [0.4, 0.5) is 4.39 Å². The third-order valence-electron chi connectivity index (χ3n) is 2.42. The summed E-state index contributed by atoms with van der Waals surface area (Å²) in [5.41, 5.74) is 6.44. The maximum Gasteiger partial charge on any atom is 0.139 e. The van der Waals surface area contributed by atoms with E-state index in [1.807, 2.05) is 0 Å². The Kier molecular flexibility index (Phi) is 6.03. The largest absolute Gasteiger partial charge is 0.409 e. The van der Waals surface area contributed by atoms with Crippen molar-refractivity contribution in [2.45, 2.75) is 19.3 Å². The fourth-order valence-corrected chi connectivity index (χ4v) is 1.45. The van der Waals surface area contributed by atoms with Crippen LogP contribution in [0.25, 0.3) is 0 Å². The first kappa shape index (κ1) is 13.4.